The normalized spacial score (nSPS) is 13.6. The Hall–Kier alpha value is -2.09. The molecule has 102 valence electrons. The SMILES string of the molecule is CCCc1cc2c(c(-c3ccccc3)c1O)C(=O)CC2. The van der Waals surface area contributed by atoms with Gasteiger partial charge in [0.25, 0.3) is 0 Å². The molecule has 0 spiro atoms. The van der Waals surface area contributed by atoms with Crippen LogP contribution in [0.1, 0.15) is 41.3 Å². The highest BCUT2D eigenvalue weighted by Crippen LogP contribution is 2.41. The zero-order chi connectivity index (χ0) is 14.1. The van der Waals surface area contributed by atoms with Crippen molar-refractivity contribution >= 4 is 5.78 Å². The molecule has 0 aromatic heterocycles. The number of phenolic OH excluding ortho intramolecular Hbond substituents is 1. The van der Waals surface area contributed by atoms with Crippen molar-refractivity contribution in [2.75, 3.05) is 0 Å². The Balaban J connectivity index is 2.28. The lowest BCUT2D eigenvalue weighted by Gasteiger charge is -2.14. The molecule has 2 nitrogen and oxygen atoms in total. The lowest BCUT2D eigenvalue weighted by atomic mass is 9.91. The summed E-state index contributed by atoms with van der Waals surface area (Å²) in [6, 6.07) is 11.7. The maximum atomic E-state index is 12.2. The molecule has 20 heavy (non-hydrogen) atoms. The van der Waals surface area contributed by atoms with Crippen molar-refractivity contribution in [2.45, 2.75) is 32.6 Å². The van der Waals surface area contributed by atoms with E-state index < -0.39 is 0 Å². The Bertz CT molecular complexity index is 657. The number of hydrogen-bond acceptors (Lipinski definition) is 2. The highest BCUT2D eigenvalue weighted by atomic mass is 16.3. The van der Waals surface area contributed by atoms with Crippen molar-refractivity contribution in [3.8, 4) is 16.9 Å². The fourth-order valence-corrected chi connectivity index (χ4v) is 3.03. The number of rotatable bonds is 3. The lowest BCUT2D eigenvalue weighted by Crippen LogP contribution is -1.99. The molecule has 0 bridgehead atoms. The van der Waals surface area contributed by atoms with Gasteiger partial charge in [0.15, 0.2) is 5.78 Å². The molecule has 0 radical (unpaired) electrons. The number of benzene rings is 2. The largest absolute Gasteiger partial charge is 0.507 e. The lowest BCUT2D eigenvalue weighted by molar-refractivity contribution is 0.0995. The van der Waals surface area contributed by atoms with Gasteiger partial charge in [-0.3, -0.25) is 4.79 Å². The minimum absolute atomic E-state index is 0.150. The van der Waals surface area contributed by atoms with Crippen LogP contribution < -0.4 is 0 Å². The summed E-state index contributed by atoms with van der Waals surface area (Å²) >= 11 is 0. The monoisotopic (exact) mass is 266 g/mol. The Morgan fingerprint density at radius 2 is 1.85 bits per heavy atom. The number of hydrogen-bond donors (Lipinski definition) is 1. The average molecular weight is 266 g/mol. The van der Waals surface area contributed by atoms with Crippen LogP contribution in [0.15, 0.2) is 36.4 Å². The molecule has 1 N–H and O–H groups in total. The van der Waals surface area contributed by atoms with Gasteiger partial charge in [0.1, 0.15) is 5.75 Å². The Labute approximate surface area is 119 Å². The van der Waals surface area contributed by atoms with Crippen molar-refractivity contribution in [2.24, 2.45) is 0 Å². The third kappa shape index (κ3) is 2.01. The summed E-state index contributed by atoms with van der Waals surface area (Å²) < 4.78 is 0. The van der Waals surface area contributed by atoms with E-state index in [1.165, 1.54) is 0 Å². The first-order valence-corrected chi connectivity index (χ1v) is 7.18. The van der Waals surface area contributed by atoms with E-state index in [4.69, 9.17) is 0 Å². The first-order valence-electron chi connectivity index (χ1n) is 7.18. The molecule has 0 atom stereocenters. The van der Waals surface area contributed by atoms with Gasteiger partial charge in [0, 0.05) is 17.5 Å². The van der Waals surface area contributed by atoms with Crippen LogP contribution in [-0.4, -0.2) is 10.9 Å². The fraction of sp³-hybridized carbons (Fsp3) is 0.278. The number of carbonyl (C=O) groups is 1. The van der Waals surface area contributed by atoms with Gasteiger partial charge >= 0.3 is 0 Å². The molecule has 0 saturated carbocycles. The molecule has 2 aromatic rings. The Morgan fingerprint density at radius 1 is 1.10 bits per heavy atom. The van der Waals surface area contributed by atoms with E-state index in [9.17, 15) is 9.90 Å². The second kappa shape index (κ2) is 5.12. The molecule has 1 aliphatic carbocycles. The number of Topliss-reactive ketones (excluding diaryl/α,β-unsaturated/α-hetero) is 1. The third-order valence-electron chi connectivity index (χ3n) is 3.94. The number of aryl methyl sites for hydroxylation is 2. The molecule has 0 fully saturated rings. The van der Waals surface area contributed by atoms with Gasteiger partial charge in [-0.15, -0.1) is 0 Å². The van der Waals surface area contributed by atoms with Crippen LogP contribution in [0.2, 0.25) is 0 Å². The molecule has 0 heterocycles. The van der Waals surface area contributed by atoms with Gasteiger partial charge in [-0.05, 0) is 29.5 Å². The molecule has 0 aliphatic heterocycles. The van der Waals surface area contributed by atoms with Crippen LogP contribution in [0, 0.1) is 0 Å². The first kappa shape index (κ1) is 12.9. The van der Waals surface area contributed by atoms with Crippen LogP contribution in [0.4, 0.5) is 0 Å². The summed E-state index contributed by atoms with van der Waals surface area (Å²) in [7, 11) is 0. The standard InChI is InChI=1S/C18H18O2/c1-2-6-14-11-13-9-10-15(19)16(13)17(18(14)20)12-7-4-3-5-8-12/h3-5,7-8,11,20H,2,6,9-10H2,1H3. The van der Waals surface area contributed by atoms with E-state index in [0.29, 0.717) is 6.42 Å². The molecule has 0 unspecified atom stereocenters. The molecule has 0 amide bonds. The van der Waals surface area contributed by atoms with E-state index in [2.05, 4.69) is 6.92 Å². The fourth-order valence-electron chi connectivity index (χ4n) is 3.03. The van der Waals surface area contributed by atoms with Gasteiger partial charge in [0.05, 0.1) is 0 Å². The second-order valence-corrected chi connectivity index (χ2v) is 5.33. The van der Waals surface area contributed by atoms with Gasteiger partial charge in [0.2, 0.25) is 0 Å². The Morgan fingerprint density at radius 3 is 2.55 bits per heavy atom. The minimum atomic E-state index is 0.150. The molecule has 3 rings (SSSR count). The molecule has 0 saturated heterocycles. The average Bonchev–Trinajstić information content (AvgIpc) is 2.82. The summed E-state index contributed by atoms with van der Waals surface area (Å²) in [5.41, 5.74) is 4.44. The van der Waals surface area contributed by atoms with Crippen LogP contribution in [0.25, 0.3) is 11.1 Å². The number of fused-ring (bicyclic) bond motifs is 1. The quantitative estimate of drug-likeness (QED) is 0.906. The van der Waals surface area contributed by atoms with Crippen LogP contribution in [0.5, 0.6) is 5.75 Å². The van der Waals surface area contributed by atoms with Crippen molar-refractivity contribution < 1.29 is 9.90 Å². The third-order valence-corrected chi connectivity index (χ3v) is 3.94. The maximum absolute atomic E-state index is 12.2. The van der Waals surface area contributed by atoms with E-state index >= 15 is 0 Å². The smallest absolute Gasteiger partial charge is 0.164 e. The zero-order valence-corrected chi connectivity index (χ0v) is 11.6. The number of aromatic hydroxyl groups is 1. The maximum Gasteiger partial charge on any atom is 0.164 e. The first-order chi connectivity index (χ1) is 9.72. The van der Waals surface area contributed by atoms with Gasteiger partial charge < -0.3 is 5.11 Å². The van der Waals surface area contributed by atoms with E-state index in [1.54, 1.807) is 0 Å². The molecule has 2 heteroatoms. The molecule has 1 aliphatic rings. The summed E-state index contributed by atoms with van der Waals surface area (Å²) in [6.07, 6.45) is 3.18. The Kier molecular flexibility index (Phi) is 3.31. The predicted molar refractivity (Wildman–Crippen MR) is 80.2 cm³/mol. The number of phenols is 1. The number of carbonyl (C=O) groups excluding carboxylic acids is 1. The summed E-state index contributed by atoms with van der Waals surface area (Å²) in [4.78, 5) is 12.2. The van der Waals surface area contributed by atoms with Crippen LogP contribution in [0.3, 0.4) is 0 Å². The summed E-state index contributed by atoms with van der Waals surface area (Å²) in [5, 5.41) is 10.6. The van der Waals surface area contributed by atoms with E-state index in [-0.39, 0.29) is 11.5 Å². The molecular formula is C18H18O2. The molecular weight excluding hydrogens is 248 g/mol. The van der Waals surface area contributed by atoms with Gasteiger partial charge in [-0.1, -0.05) is 49.7 Å². The number of ketones is 1. The minimum Gasteiger partial charge on any atom is -0.507 e. The summed E-state index contributed by atoms with van der Waals surface area (Å²) in [6.45, 7) is 2.10. The van der Waals surface area contributed by atoms with E-state index in [1.807, 2.05) is 36.4 Å². The van der Waals surface area contributed by atoms with Gasteiger partial charge in [-0.2, -0.15) is 0 Å². The van der Waals surface area contributed by atoms with Crippen molar-refractivity contribution in [1.82, 2.24) is 0 Å². The highest BCUT2D eigenvalue weighted by Gasteiger charge is 2.27. The highest BCUT2D eigenvalue weighted by molar-refractivity contribution is 6.07. The second-order valence-electron chi connectivity index (χ2n) is 5.33. The van der Waals surface area contributed by atoms with Crippen LogP contribution >= 0.6 is 0 Å². The summed E-state index contributed by atoms with van der Waals surface area (Å²) in [5.74, 6) is 0.434. The van der Waals surface area contributed by atoms with Gasteiger partial charge in [-0.25, -0.2) is 0 Å². The van der Waals surface area contributed by atoms with Crippen LogP contribution in [-0.2, 0) is 12.8 Å². The topological polar surface area (TPSA) is 37.3 Å². The van der Waals surface area contributed by atoms with Crippen molar-refractivity contribution in [1.29, 1.82) is 0 Å². The predicted octanol–water partition coefficient (Wildman–Crippen LogP) is 4.14. The van der Waals surface area contributed by atoms with Crippen molar-refractivity contribution in [3.63, 3.8) is 0 Å². The molecule has 2 aromatic carbocycles. The van der Waals surface area contributed by atoms with E-state index in [0.717, 1.165) is 47.1 Å². The zero-order valence-electron chi connectivity index (χ0n) is 11.6. The van der Waals surface area contributed by atoms with Crippen molar-refractivity contribution in [3.05, 3.63) is 53.1 Å².